The largest absolute Gasteiger partial charge is 0.486 e. The Balaban J connectivity index is 2.05. The molecule has 102 valence electrons. The van der Waals surface area contributed by atoms with Crippen molar-refractivity contribution in [2.24, 2.45) is 0 Å². The van der Waals surface area contributed by atoms with Crippen molar-refractivity contribution < 1.29 is 19.1 Å². The van der Waals surface area contributed by atoms with E-state index in [1.165, 1.54) is 0 Å². The van der Waals surface area contributed by atoms with Gasteiger partial charge in [0.05, 0.1) is 11.1 Å². The van der Waals surface area contributed by atoms with Crippen molar-refractivity contribution in [2.75, 3.05) is 7.11 Å². The van der Waals surface area contributed by atoms with Crippen molar-refractivity contribution >= 4 is 15.9 Å². The van der Waals surface area contributed by atoms with Gasteiger partial charge in [-0.2, -0.15) is 0 Å². The SMILES string of the molecule is COCc1cc(COc2c(Br)cccc2CO)no1. The van der Waals surface area contributed by atoms with E-state index in [1.807, 2.05) is 12.1 Å². The van der Waals surface area contributed by atoms with E-state index >= 15 is 0 Å². The predicted octanol–water partition coefficient (Wildman–Crippen LogP) is 2.65. The molecule has 0 aliphatic carbocycles. The molecule has 0 fully saturated rings. The van der Waals surface area contributed by atoms with Gasteiger partial charge in [-0.1, -0.05) is 17.3 Å². The van der Waals surface area contributed by atoms with Gasteiger partial charge in [-0.15, -0.1) is 0 Å². The first kappa shape index (κ1) is 14.0. The molecule has 0 bridgehead atoms. The summed E-state index contributed by atoms with van der Waals surface area (Å²) in [6, 6.07) is 7.28. The maximum atomic E-state index is 9.26. The minimum Gasteiger partial charge on any atom is -0.486 e. The van der Waals surface area contributed by atoms with Gasteiger partial charge in [0.1, 0.15) is 24.7 Å². The summed E-state index contributed by atoms with van der Waals surface area (Å²) in [6.45, 7) is 0.565. The van der Waals surface area contributed by atoms with Crippen molar-refractivity contribution in [1.29, 1.82) is 0 Å². The molecule has 1 heterocycles. The standard InChI is InChI=1S/C13H14BrNO4/c1-17-8-11-5-10(15-19-11)7-18-13-9(6-16)3-2-4-12(13)14/h2-5,16H,6-8H2,1H3. The van der Waals surface area contributed by atoms with Gasteiger partial charge in [0, 0.05) is 18.7 Å². The van der Waals surface area contributed by atoms with Crippen LogP contribution in [0, 0.1) is 0 Å². The van der Waals surface area contributed by atoms with E-state index in [1.54, 1.807) is 19.2 Å². The van der Waals surface area contributed by atoms with Crippen LogP contribution in [0.1, 0.15) is 17.0 Å². The number of hydrogen-bond donors (Lipinski definition) is 1. The minimum atomic E-state index is -0.0808. The Kier molecular flexibility index (Phi) is 4.95. The maximum absolute atomic E-state index is 9.26. The maximum Gasteiger partial charge on any atom is 0.162 e. The van der Waals surface area contributed by atoms with Crippen LogP contribution in [0.3, 0.4) is 0 Å². The normalized spacial score (nSPS) is 10.7. The lowest BCUT2D eigenvalue weighted by atomic mass is 10.2. The average molecular weight is 328 g/mol. The fourth-order valence-corrected chi connectivity index (χ4v) is 2.14. The van der Waals surface area contributed by atoms with E-state index in [0.717, 1.165) is 10.0 Å². The molecule has 19 heavy (non-hydrogen) atoms. The first-order valence-corrected chi connectivity index (χ1v) is 6.48. The minimum absolute atomic E-state index is 0.0808. The molecule has 0 unspecified atom stereocenters. The summed E-state index contributed by atoms with van der Waals surface area (Å²) >= 11 is 3.39. The van der Waals surface area contributed by atoms with Crippen molar-refractivity contribution in [2.45, 2.75) is 19.8 Å². The van der Waals surface area contributed by atoms with Crippen LogP contribution in [0.4, 0.5) is 0 Å². The number of nitrogens with zero attached hydrogens (tertiary/aromatic N) is 1. The van der Waals surface area contributed by atoms with Gasteiger partial charge in [-0.05, 0) is 22.0 Å². The molecule has 1 aromatic carbocycles. The molecule has 0 atom stereocenters. The number of para-hydroxylation sites is 1. The molecular formula is C13H14BrNO4. The van der Waals surface area contributed by atoms with Crippen LogP contribution in [0.15, 0.2) is 33.3 Å². The third-order valence-electron chi connectivity index (χ3n) is 2.48. The number of halogens is 1. The van der Waals surface area contributed by atoms with Gasteiger partial charge in [-0.25, -0.2) is 0 Å². The number of benzene rings is 1. The quantitative estimate of drug-likeness (QED) is 0.883. The van der Waals surface area contributed by atoms with Crippen LogP contribution in [0.25, 0.3) is 0 Å². The van der Waals surface area contributed by atoms with Crippen LogP contribution in [0.5, 0.6) is 5.75 Å². The molecule has 0 saturated heterocycles. The fraction of sp³-hybridized carbons (Fsp3) is 0.308. The van der Waals surface area contributed by atoms with Crippen molar-refractivity contribution in [3.63, 3.8) is 0 Å². The zero-order valence-corrected chi connectivity index (χ0v) is 12.0. The van der Waals surface area contributed by atoms with Gasteiger partial charge >= 0.3 is 0 Å². The van der Waals surface area contributed by atoms with Gasteiger partial charge < -0.3 is 19.1 Å². The van der Waals surface area contributed by atoms with Crippen LogP contribution < -0.4 is 4.74 Å². The lowest BCUT2D eigenvalue weighted by Gasteiger charge is -2.10. The molecule has 0 amide bonds. The summed E-state index contributed by atoms with van der Waals surface area (Å²) in [5.74, 6) is 1.26. The third-order valence-corrected chi connectivity index (χ3v) is 3.10. The van der Waals surface area contributed by atoms with Crippen molar-refractivity contribution in [1.82, 2.24) is 5.16 Å². The Labute approximate surface area is 119 Å². The molecule has 0 radical (unpaired) electrons. The second kappa shape index (κ2) is 6.70. The lowest BCUT2D eigenvalue weighted by Crippen LogP contribution is -1.99. The molecule has 2 rings (SSSR count). The first-order chi connectivity index (χ1) is 9.24. The van der Waals surface area contributed by atoms with Crippen LogP contribution >= 0.6 is 15.9 Å². The Morgan fingerprint density at radius 1 is 1.37 bits per heavy atom. The predicted molar refractivity (Wildman–Crippen MR) is 71.6 cm³/mol. The van der Waals surface area contributed by atoms with Crippen molar-refractivity contribution in [3.8, 4) is 5.75 Å². The number of aliphatic hydroxyl groups excluding tert-OH is 1. The Morgan fingerprint density at radius 3 is 2.95 bits per heavy atom. The van der Waals surface area contributed by atoms with Gasteiger partial charge in [-0.3, -0.25) is 0 Å². The summed E-state index contributed by atoms with van der Waals surface area (Å²) in [6.07, 6.45) is 0. The highest BCUT2D eigenvalue weighted by Crippen LogP contribution is 2.29. The van der Waals surface area contributed by atoms with Crippen LogP contribution in [-0.4, -0.2) is 17.4 Å². The molecule has 0 aliphatic rings. The van der Waals surface area contributed by atoms with E-state index in [4.69, 9.17) is 14.0 Å². The highest BCUT2D eigenvalue weighted by Gasteiger charge is 2.10. The number of hydrogen-bond acceptors (Lipinski definition) is 5. The highest BCUT2D eigenvalue weighted by molar-refractivity contribution is 9.10. The van der Waals surface area contributed by atoms with Gasteiger partial charge in [0.25, 0.3) is 0 Å². The molecule has 5 nitrogen and oxygen atoms in total. The third kappa shape index (κ3) is 3.56. The summed E-state index contributed by atoms with van der Waals surface area (Å²) < 4.78 is 16.5. The topological polar surface area (TPSA) is 64.7 Å². The molecule has 1 N–H and O–H groups in total. The molecule has 0 aliphatic heterocycles. The zero-order chi connectivity index (χ0) is 13.7. The second-order valence-corrected chi connectivity index (χ2v) is 4.75. The van der Waals surface area contributed by atoms with E-state index < -0.39 is 0 Å². The number of ether oxygens (including phenoxy) is 2. The Hall–Kier alpha value is -1.37. The monoisotopic (exact) mass is 327 g/mol. The van der Waals surface area contributed by atoms with Gasteiger partial charge in [0.2, 0.25) is 0 Å². The Morgan fingerprint density at radius 2 is 2.21 bits per heavy atom. The van der Waals surface area contributed by atoms with E-state index in [0.29, 0.717) is 23.8 Å². The van der Waals surface area contributed by atoms with E-state index in [9.17, 15) is 5.11 Å². The smallest absolute Gasteiger partial charge is 0.162 e. The summed E-state index contributed by atoms with van der Waals surface area (Å²) in [4.78, 5) is 0. The summed E-state index contributed by atoms with van der Waals surface area (Å²) in [5.41, 5.74) is 1.39. The van der Waals surface area contributed by atoms with E-state index in [-0.39, 0.29) is 13.2 Å². The lowest BCUT2D eigenvalue weighted by molar-refractivity contribution is 0.155. The van der Waals surface area contributed by atoms with Crippen molar-refractivity contribution in [3.05, 3.63) is 45.8 Å². The molecule has 0 saturated carbocycles. The summed E-state index contributed by atoms with van der Waals surface area (Å²) in [7, 11) is 1.59. The zero-order valence-electron chi connectivity index (χ0n) is 10.4. The average Bonchev–Trinajstić information content (AvgIpc) is 2.85. The van der Waals surface area contributed by atoms with Crippen LogP contribution in [-0.2, 0) is 24.6 Å². The molecule has 0 spiro atoms. The van der Waals surface area contributed by atoms with Gasteiger partial charge in [0.15, 0.2) is 5.76 Å². The second-order valence-electron chi connectivity index (χ2n) is 3.89. The first-order valence-electron chi connectivity index (χ1n) is 5.69. The van der Waals surface area contributed by atoms with Crippen LogP contribution in [0.2, 0.25) is 0 Å². The van der Waals surface area contributed by atoms with E-state index in [2.05, 4.69) is 21.1 Å². The number of aliphatic hydroxyl groups is 1. The molecular weight excluding hydrogens is 314 g/mol. The molecule has 1 aromatic heterocycles. The number of rotatable bonds is 6. The Bertz CT molecular complexity index is 541. The highest BCUT2D eigenvalue weighted by atomic mass is 79.9. The fourth-order valence-electron chi connectivity index (χ4n) is 1.62. The number of methoxy groups -OCH3 is 1. The molecule has 6 heteroatoms. The number of aromatic nitrogens is 1. The molecule has 2 aromatic rings. The summed E-state index contributed by atoms with van der Waals surface area (Å²) in [5, 5.41) is 13.1.